The van der Waals surface area contributed by atoms with E-state index in [0.717, 1.165) is 13.0 Å². The lowest BCUT2D eigenvalue weighted by atomic mass is 10.3. The van der Waals surface area contributed by atoms with Gasteiger partial charge in [0.15, 0.2) is 10.8 Å². The molecule has 0 aliphatic heterocycles. The van der Waals surface area contributed by atoms with Gasteiger partial charge >= 0.3 is 0 Å². The molecule has 7 nitrogen and oxygen atoms in total. The van der Waals surface area contributed by atoms with E-state index in [2.05, 4.69) is 41.2 Å². The summed E-state index contributed by atoms with van der Waals surface area (Å²) in [6.07, 6.45) is 3.99. The zero-order valence-electron chi connectivity index (χ0n) is 11.4. The summed E-state index contributed by atoms with van der Waals surface area (Å²) < 4.78 is 27.8. The van der Waals surface area contributed by atoms with Crippen LogP contribution in [0.5, 0.6) is 0 Å². The maximum Gasteiger partial charge on any atom is 0.280 e. The summed E-state index contributed by atoms with van der Waals surface area (Å²) in [5.41, 5.74) is 0.586. The zero-order chi connectivity index (χ0) is 15.3. The summed E-state index contributed by atoms with van der Waals surface area (Å²) in [5, 5.41) is 9.54. The highest BCUT2D eigenvalue weighted by Gasteiger charge is 2.22. The van der Waals surface area contributed by atoms with E-state index in [1.54, 1.807) is 12.1 Å². The average molecular weight is 374 g/mol. The summed E-state index contributed by atoms with van der Waals surface area (Å²) in [6, 6.07) is 3.42. The molecule has 0 aliphatic carbocycles. The number of aromatic nitrogens is 3. The van der Waals surface area contributed by atoms with E-state index in [-0.39, 0.29) is 10.8 Å². The van der Waals surface area contributed by atoms with Crippen LogP contribution in [0.25, 0.3) is 0 Å². The van der Waals surface area contributed by atoms with E-state index in [4.69, 9.17) is 0 Å². The number of nitrogens with zero attached hydrogens (tertiary/aromatic N) is 2. The number of hydrogen-bond acceptors (Lipinski definition) is 5. The van der Waals surface area contributed by atoms with Gasteiger partial charge in [-0.15, -0.1) is 0 Å². The number of hydrogen-bond donors (Lipinski definition) is 3. The highest BCUT2D eigenvalue weighted by atomic mass is 79.9. The standard InChI is InChI=1S/C12H16BrN5O2S/c1-2-5-14-7-9-8-16-17-12(9)21(19,20)18-11-10(13)4-3-6-15-11/h3-4,6,8,14H,2,5,7H2,1H3,(H,15,18)(H,16,17). The van der Waals surface area contributed by atoms with Crippen molar-refractivity contribution in [3.05, 3.63) is 34.6 Å². The molecular formula is C12H16BrN5O2S. The molecule has 2 aromatic heterocycles. The van der Waals surface area contributed by atoms with Gasteiger partial charge in [-0.25, -0.2) is 4.98 Å². The first kappa shape index (κ1) is 15.9. The number of halogens is 1. The average Bonchev–Trinajstić information content (AvgIpc) is 2.91. The molecule has 0 radical (unpaired) electrons. The molecule has 3 N–H and O–H groups in total. The van der Waals surface area contributed by atoms with Crippen molar-refractivity contribution in [1.29, 1.82) is 0 Å². The van der Waals surface area contributed by atoms with Crippen LogP contribution in [0.4, 0.5) is 5.82 Å². The molecule has 114 valence electrons. The molecule has 0 saturated heterocycles. The molecule has 0 spiro atoms. The molecule has 2 aromatic rings. The summed E-state index contributed by atoms with van der Waals surface area (Å²) >= 11 is 3.25. The van der Waals surface area contributed by atoms with Crippen LogP contribution in [-0.4, -0.2) is 30.1 Å². The van der Waals surface area contributed by atoms with E-state index in [0.29, 0.717) is 16.6 Å². The van der Waals surface area contributed by atoms with Crippen LogP contribution < -0.4 is 10.0 Å². The normalized spacial score (nSPS) is 11.5. The number of rotatable bonds is 7. The van der Waals surface area contributed by atoms with Gasteiger partial charge in [-0.2, -0.15) is 13.5 Å². The van der Waals surface area contributed by atoms with Crippen LogP contribution >= 0.6 is 15.9 Å². The van der Waals surface area contributed by atoms with E-state index in [9.17, 15) is 8.42 Å². The van der Waals surface area contributed by atoms with Crippen LogP contribution in [0.15, 0.2) is 34.0 Å². The molecule has 0 amide bonds. The van der Waals surface area contributed by atoms with Crippen molar-refractivity contribution >= 4 is 31.8 Å². The third kappa shape index (κ3) is 4.02. The van der Waals surface area contributed by atoms with Crippen molar-refractivity contribution in [2.75, 3.05) is 11.3 Å². The van der Waals surface area contributed by atoms with E-state index in [1.807, 2.05) is 6.92 Å². The third-order valence-electron chi connectivity index (χ3n) is 2.68. The van der Waals surface area contributed by atoms with Crippen LogP contribution in [0.1, 0.15) is 18.9 Å². The smallest absolute Gasteiger partial charge is 0.280 e. The van der Waals surface area contributed by atoms with E-state index >= 15 is 0 Å². The molecule has 0 atom stereocenters. The molecule has 2 heterocycles. The van der Waals surface area contributed by atoms with E-state index < -0.39 is 10.0 Å². The summed E-state index contributed by atoms with van der Waals surface area (Å²) in [7, 11) is -3.76. The second-order valence-corrected chi connectivity index (χ2v) is 6.81. The summed E-state index contributed by atoms with van der Waals surface area (Å²) in [4.78, 5) is 3.99. The van der Waals surface area contributed by atoms with Gasteiger partial charge in [0.2, 0.25) is 0 Å². The number of sulfonamides is 1. The first-order valence-corrected chi connectivity index (χ1v) is 8.68. The van der Waals surface area contributed by atoms with Crippen molar-refractivity contribution in [2.24, 2.45) is 0 Å². The fraction of sp³-hybridized carbons (Fsp3) is 0.333. The molecule has 0 unspecified atom stereocenters. The van der Waals surface area contributed by atoms with Gasteiger partial charge in [0.1, 0.15) is 0 Å². The van der Waals surface area contributed by atoms with Gasteiger partial charge in [0.05, 0.1) is 10.7 Å². The lowest BCUT2D eigenvalue weighted by Gasteiger charge is -2.09. The molecule has 0 aliphatic rings. The summed E-state index contributed by atoms with van der Waals surface area (Å²) in [5.74, 6) is 0.236. The summed E-state index contributed by atoms with van der Waals surface area (Å²) in [6.45, 7) is 3.29. The number of pyridine rings is 1. The monoisotopic (exact) mass is 373 g/mol. The molecule has 2 rings (SSSR count). The van der Waals surface area contributed by atoms with Crippen molar-refractivity contribution in [3.8, 4) is 0 Å². The van der Waals surface area contributed by atoms with Crippen molar-refractivity contribution in [3.63, 3.8) is 0 Å². The maximum absolute atomic E-state index is 12.4. The Labute approximate surface area is 131 Å². The fourth-order valence-corrected chi connectivity index (χ4v) is 3.34. The molecule has 0 aromatic carbocycles. The molecule has 0 bridgehead atoms. The van der Waals surface area contributed by atoms with Gasteiger partial charge in [0, 0.05) is 18.3 Å². The maximum atomic E-state index is 12.4. The van der Waals surface area contributed by atoms with Crippen LogP contribution in [0.3, 0.4) is 0 Å². The molecule has 0 saturated carbocycles. The number of H-pyrrole nitrogens is 1. The van der Waals surface area contributed by atoms with Crippen molar-refractivity contribution < 1.29 is 8.42 Å². The largest absolute Gasteiger partial charge is 0.313 e. The third-order valence-corrected chi connectivity index (χ3v) is 4.67. The Morgan fingerprint density at radius 1 is 1.43 bits per heavy atom. The lowest BCUT2D eigenvalue weighted by molar-refractivity contribution is 0.593. The molecule has 9 heteroatoms. The fourth-order valence-electron chi connectivity index (χ4n) is 1.70. The lowest BCUT2D eigenvalue weighted by Crippen LogP contribution is -2.19. The van der Waals surface area contributed by atoms with Crippen LogP contribution in [0, 0.1) is 0 Å². The highest BCUT2D eigenvalue weighted by Crippen LogP contribution is 2.22. The predicted molar refractivity (Wildman–Crippen MR) is 83.3 cm³/mol. The van der Waals surface area contributed by atoms with Crippen LogP contribution in [-0.2, 0) is 16.6 Å². The van der Waals surface area contributed by atoms with Crippen molar-refractivity contribution in [1.82, 2.24) is 20.5 Å². The Morgan fingerprint density at radius 3 is 2.95 bits per heavy atom. The Bertz CT molecular complexity index is 701. The highest BCUT2D eigenvalue weighted by molar-refractivity contribution is 9.10. The minimum absolute atomic E-state index is 0.0451. The second kappa shape index (κ2) is 7.01. The quantitative estimate of drug-likeness (QED) is 0.643. The molecule has 0 fully saturated rings. The zero-order valence-corrected chi connectivity index (χ0v) is 13.8. The number of anilines is 1. The second-order valence-electron chi connectivity index (χ2n) is 4.34. The predicted octanol–water partition coefficient (Wildman–Crippen LogP) is 1.87. The number of nitrogens with one attached hydrogen (secondary N) is 3. The SMILES string of the molecule is CCCNCc1cn[nH]c1S(=O)(=O)Nc1ncccc1Br. The van der Waals surface area contributed by atoms with Gasteiger partial charge < -0.3 is 5.32 Å². The van der Waals surface area contributed by atoms with Gasteiger partial charge in [-0.3, -0.25) is 9.82 Å². The minimum Gasteiger partial charge on any atom is -0.313 e. The van der Waals surface area contributed by atoms with Gasteiger partial charge in [-0.05, 0) is 41.0 Å². The van der Waals surface area contributed by atoms with E-state index in [1.165, 1.54) is 12.4 Å². The van der Waals surface area contributed by atoms with Gasteiger partial charge in [-0.1, -0.05) is 6.92 Å². The first-order valence-electron chi connectivity index (χ1n) is 6.41. The Hall–Kier alpha value is -1.45. The Kier molecular flexibility index (Phi) is 5.32. The molecule has 21 heavy (non-hydrogen) atoms. The van der Waals surface area contributed by atoms with Crippen LogP contribution in [0.2, 0.25) is 0 Å². The minimum atomic E-state index is -3.76. The van der Waals surface area contributed by atoms with Gasteiger partial charge in [0.25, 0.3) is 10.0 Å². The Morgan fingerprint density at radius 2 is 2.24 bits per heavy atom. The Balaban J connectivity index is 2.20. The number of aromatic amines is 1. The first-order chi connectivity index (χ1) is 10.0. The topological polar surface area (TPSA) is 99.8 Å². The van der Waals surface area contributed by atoms with Crippen molar-refractivity contribution in [2.45, 2.75) is 24.9 Å². The molecular weight excluding hydrogens is 358 g/mol.